The van der Waals surface area contributed by atoms with E-state index in [1.54, 1.807) is 0 Å². The van der Waals surface area contributed by atoms with E-state index in [1.807, 2.05) is 13.8 Å². The fraction of sp³-hybridized carbons (Fsp3) is 1.00. The van der Waals surface area contributed by atoms with Crippen molar-refractivity contribution < 1.29 is 10.2 Å². The molecule has 0 rings (SSSR count). The van der Waals surface area contributed by atoms with E-state index in [9.17, 15) is 5.11 Å². The van der Waals surface area contributed by atoms with E-state index in [0.717, 1.165) is 19.3 Å². The molecule has 0 saturated carbocycles. The minimum atomic E-state index is -0.368. The molecule has 0 spiro atoms. The third-order valence-electron chi connectivity index (χ3n) is 2.37. The van der Waals surface area contributed by atoms with Crippen LogP contribution in [0.25, 0.3) is 0 Å². The third kappa shape index (κ3) is 2.80. The molecule has 2 nitrogen and oxygen atoms in total. The zero-order valence-electron chi connectivity index (χ0n) is 7.80. The maximum atomic E-state index is 9.55. The van der Waals surface area contributed by atoms with Gasteiger partial charge in [0.25, 0.3) is 0 Å². The van der Waals surface area contributed by atoms with Gasteiger partial charge < -0.3 is 10.2 Å². The second kappa shape index (κ2) is 4.73. The van der Waals surface area contributed by atoms with Crippen molar-refractivity contribution in [3.63, 3.8) is 0 Å². The van der Waals surface area contributed by atoms with Crippen LogP contribution in [0.3, 0.4) is 0 Å². The Bertz CT molecular complexity index is 104. The lowest BCUT2D eigenvalue weighted by atomic mass is 9.80. The molecule has 2 atom stereocenters. The third-order valence-corrected chi connectivity index (χ3v) is 2.37. The van der Waals surface area contributed by atoms with E-state index >= 15 is 0 Å². The molecule has 2 N–H and O–H groups in total. The van der Waals surface area contributed by atoms with Gasteiger partial charge in [-0.3, -0.25) is 0 Å². The SMILES string of the molecule is CCCC(C)(CO)C(O)CC. The lowest BCUT2D eigenvalue weighted by Crippen LogP contribution is -2.35. The molecule has 0 aromatic rings. The first-order chi connectivity index (χ1) is 5.10. The van der Waals surface area contributed by atoms with Gasteiger partial charge in [-0.25, -0.2) is 0 Å². The fourth-order valence-electron chi connectivity index (χ4n) is 1.41. The standard InChI is InChI=1S/C9H20O2/c1-4-6-9(3,7-10)8(11)5-2/h8,10-11H,4-7H2,1-3H3. The Morgan fingerprint density at radius 3 is 2.18 bits per heavy atom. The topological polar surface area (TPSA) is 40.5 Å². The highest BCUT2D eigenvalue weighted by Gasteiger charge is 2.29. The van der Waals surface area contributed by atoms with Gasteiger partial charge in [0.1, 0.15) is 0 Å². The van der Waals surface area contributed by atoms with E-state index < -0.39 is 0 Å². The lowest BCUT2D eigenvalue weighted by Gasteiger charge is -2.31. The first kappa shape index (κ1) is 10.9. The number of aliphatic hydroxyl groups excluding tert-OH is 2. The molecular weight excluding hydrogens is 140 g/mol. The molecule has 0 bridgehead atoms. The molecule has 0 aromatic heterocycles. The van der Waals surface area contributed by atoms with Crippen LogP contribution >= 0.6 is 0 Å². The number of aliphatic hydroxyl groups is 2. The molecule has 0 aliphatic carbocycles. The summed E-state index contributed by atoms with van der Waals surface area (Å²) in [5.41, 5.74) is -0.288. The minimum absolute atomic E-state index is 0.0792. The quantitative estimate of drug-likeness (QED) is 0.640. The van der Waals surface area contributed by atoms with Crippen LogP contribution in [-0.2, 0) is 0 Å². The summed E-state index contributed by atoms with van der Waals surface area (Å²) in [6, 6.07) is 0. The Morgan fingerprint density at radius 1 is 1.36 bits per heavy atom. The van der Waals surface area contributed by atoms with E-state index in [2.05, 4.69) is 6.92 Å². The summed E-state index contributed by atoms with van der Waals surface area (Å²) >= 11 is 0. The zero-order chi connectivity index (χ0) is 8.91. The Morgan fingerprint density at radius 2 is 1.91 bits per heavy atom. The molecule has 11 heavy (non-hydrogen) atoms. The fourth-order valence-corrected chi connectivity index (χ4v) is 1.41. The maximum absolute atomic E-state index is 9.55. The predicted molar refractivity (Wildman–Crippen MR) is 46.4 cm³/mol. The normalized spacial score (nSPS) is 19.4. The van der Waals surface area contributed by atoms with Gasteiger partial charge in [-0.15, -0.1) is 0 Å². The summed E-state index contributed by atoms with van der Waals surface area (Å²) in [4.78, 5) is 0. The van der Waals surface area contributed by atoms with E-state index in [4.69, 9.17) is 5.11 Å². The highest BCUT2D eigenvalue weighted by molar-refractivity contribution is 4.80. The second-order valence-corrected chi connectivity index (χ2v) is 3.49. The number of hydrogen-bond donors (Lipinski definition) is 2. The van der Waals surface area contributed by atoms with Gasteiger partial charge in [0.05, 0.1) is 12.7 Å². The zero-order valence-corrected chi connectivity index (χ0v) is 7.80. The largest absolute Gasteiger partial charge is 0.396 e. The first-order valence-corrected chi connectivity index (χ1v) is 4.39. The van der Waals surface area contributed by atoms with Crippen molar-refractivity contribution in [2.45, 2.75) is 46.1 Å². The number of hydrogen-bond acceptors (Lipinski definition) is 2. The molecule has 0 fully saturated rings. The van der Waals surface area contributed by atoms with Crippen LogP contribution in [0.4, 0.5) is 0 Å². The van der Waals surface area contributed by atoms with Gasteiger partial charge in [-0.1, -0.05) is 27.2 Å². The Hall–Kier alpha value is -0.0800. The van der Waals surface area contributed by atoms with Crippen molar-refractivity contribution >= 4 is 0 Å². The summed E-state index contributed by atoms with van der Waals surface area (Å²) in [5.74, 6) is 0. The van der Waals surface area contributed by atoms with Crippen LogP contribution in [0.1, 0.15) is 40.0 Å². The van der Waals surface area contributed by atoms with Crippen molar-refractivity contribution in [2.24, 2.45) is 5.41 Å². The molecular formula is C9H20O2. The first-order valence-electron chi connectivity index (χ1n) is 4.39. The Kier molecular flexibility index (Phi) is 4.69. The van der Waals surface area contributed by atoms with Crippen molar-refractivity contribution in [1.29, 1.82) is 0 Å². The molecule has 0 aliphatic rings. The molecule has 0 amide bonds. The van der Waals surface area contributed by atoms with Crippen LogP contribution in [0.2, 0.25) is 0 Å². The Balaban J connectivity index is 4.07. The molecule has 0 radical (unpaired) electrons. The van der Waals surface area contributed by atoms with E-state index in [0.29, 0.717) is 0 Å². The van der Waals surface area contributed by atoms with Crippen LogP contribution in [0.5, 0.6) is 0 Å². The van der Waals surface area contributed by atoms with Crippen molar-refractivity contribution in [1.82, 2.24) is 0 Å². The van der Waals surface area contributed by atoms with Crippen molar-refractivity contribution in [3.05, 3.63) is 0 Å². The van der Waals surface area contributed by atoms with Gasteiger partial charge in [0, 0.05) is 5.41 Å². The average molecular weight is 160 g/mol. The number of rotatable bonds is 5. The van der Waals surface area contributed by atoms with Gasteiger partial charge >= 0.3 is 0 Å². The summed E-state index contributed by atoms with van der Waals surface area (Å²) in [6.45, 7) is 6.02. The second-order valence-electron chi connectivity index (χ2n) is 3.49. The predicted octanol–water partition coefficient (Wildman–Crippen LogP) is 1.56. The highest BCUT2D eigenvalue weighted by Crippen LogP contribution is 2.28. The van der Waals surface area contributed by atoms with Gasteiger partial charge in [0.2, 0.25) is 0 Å². The monoisotopic (exact) mass is 160 g/mol. The summed E-state index contributed by atoms with van der Waals surface area (Å²) in [5, 5.41) is 18.6. The van der Waals surface area contributed by atoms with Crippen LogP contribution < -0.4 is 0 Å². The molecule has 2 heteroatoms. The van der Waals surface area contributed by atoms with E-state index in [-0.39, 0.29) is 18.1 Å². The maximum Gasteiger partial charge on any atom is 0.0613 e. The van der Waals surface area contributed by atoms with Crippen LogP contribution in [-0.4, -0.2) is 22.9 Å². The highest BCUT2D eigenvalue weighted by atomic mass is 16.3. The Labute approximate surface area is 69.2 Å². The smallest absolute Gasteiger partial charge is 0.0613 e. The van der Waals surface area contributed by atoms with Crippen LogP contribution in [0, 0.1) is 5.41 Å². The molecule has 0 heterocycles. The molecule has 0 saturated heterocycles. The van der Waals surface area contributed by atoms with E-state index in [1.165, 1.54) is 0 Å². The minimum Gasteiger partial charge on any atom is -0.396 e. The average Bonchev–Trinajstić information content (AvgIpc) is 2.03. The van der Waals surface area contributed by atoms with Crippen molar-refractivity contribution in [3.8, 4) is 0 Å². The summed E-state index contributed by atoms with van der Waals surface area (Å²) < 4.78 is 0. The lowest BCUT2D eigenvalue weighted by molar-refractivity contribution is -0.0132. The van der Waals surface area contributed by atoms with Gasteiger partial charge in [-0.05, 0) is 12.8 Å². The molecule has 0 aliphatic heterocycles. The van der Waals surface area contributed by atoms with Gasteiger partial charge in [-0.2, -0.15) is 0 Å². The van der Waals surface area contributed by atoms with Crippen molar-refractivity contribution in [2.75, 3.05) is 6.61 Å². The molecule has 68 valence electrons. The van der Waals surface area contributed by atoms with Crippen LogP contribution in [0.15, 0.2) is 0 Å². The summed E-state index contributed by atoms with van der Waals surface area (Å²) in [6.07, 6.45) is 2.25. The summed E-state index contributed by atoms with van der Waals surface area (Å²) in [7, 11) is 0. The molecule has 2 unspecified atom stereocenters. The van der Waals surface area contributed by atoms with Gasteiger partial charge in [0.15, 0.2) is 0 Å². The molecule has 0 aromatic carbocycles.